The van der Waals surface area contributed by atoms with Gasteiger partial charge in [-0.2, -0.15) is 0 Å². The van der Waals surface area contributed by atoms with Crippen molar-refractivity contribution in [3.8, 4) is 21.9 Å². The number of hydrogen-bond donors (Lipinski definition) is 0. The number of methoxy groups -OCH3 is 1. The normalized spacial score (nSPS) is 10.8. The minimum atomic E-state index is -4.94. The van der Waals surface area contributed by atoms with Crippen LogP contribution >= 0.6 is 23.1 Å². The molecule has 0 aliphatic heterocycles. The minimum Gasteiger partial charge on any atom is -0.497 e. The monoisotopic (exact) mass is 401 g/mol. The second-order valence-electron chi connectivity index (χ2n) is 4.68. The van der Waals surface area contributed by atoms with Gasteiger partial charge in [-0.1, -0.05) is 23.7 Å². The Morgan fingerprint density at radius 3 is 2.00 bits per heavy atom. The Kier molecular flexibility index (Phi) is 6.74. The third kappa shape index (κ3) is 6.60. The summed E-state index contributed by atoms with van der Waals surface area (Å²) >= 11 is 7.61. The first-order valence-corrected chi connectivity index (χ1v) is 9.19. The van der Waals surface area contributed by atoms with Gasteiger partial charge in [-0.3, -0.25) is 0 Å². The fourth-order valence-electron chi connectivity index (χ4n) is 1.93. The van der Waals surface area contributed by atoms with Gasteiger partial charge < -0.3 is 4.74 Å². The lowest BCUT2D eigenvalue weighted by atomic mass is 10.2. The minimum absolute atomic E-state index is 0.758. The molecule has 9 heteroatoms. The highest BCUT2D eigenvalue weighted by molar-refractivity contribution is 7.05. The van der Waals surface area contributed by atoms with Crippen molar-refractivity contribution in [2.45, 2.75) is 0 Å². The molecular formula is C16H13Cl2NO5S. The highest BCUT2D eigenvalue weighted by Gasteiger charge is 2.12. The summed E-state index contributed by atoms with van der Waals surface area (Å²) in [5, 5.41) is 0.758. The van der Waals surface area contributed by atoms with Crippen LogP contribution in [0.5, 0.6) is 5.75 Å². The van der Waals surface area contributed by atoms with Crippen molar-refractivity contribution < 1.29 is 37.6 Å². The first-order chi connectivity index (χ1) is 11.8. The molecule has 0 spiro atoms. The summed E-state index contributed by atoms with van der Waals surface area (Å²) in [7, 11) is -3.27. The van der Waals surface area contributed by atoms with Gasteiger partial charge in [0.15, 0.2) is 6.20 Å². The largest absolute Gasteiger partial charge is 0.497 e. The van der Waals surface area contributed by atoms with Gasteiger partial charge in [-0.25, -0.2) is 18.6 Å². The third-order valence-electron chi connectivity index (χ3n) is 3.01. The lowest BCUT2D eigenvalue weighted by Crippen LogP contribution is -2.68. The number of rotatable bonds is 3. The second kappa shape index (κ2) is 8.59. The molecule has 0 amide bonds. The van der Waals surface area contributed by atoms with Crippen molar-refractivity contribution >= 4 is 23.1 Å². The smallest absolute Gasteiger partial charge is 0.225 e. The number of aromatic nitrogens is 1. The molecule has 0 aliphatic carbocycles. The zero-order chi connectivity index (χ0) is 18.4. The number of ether oxygens (including phenoxy) is 1. The Bertz CT molecular complexity index is 795. The van der Waals surface area contributed by atoms with Crippen LogP contribution < -0.4 is 27.3 Å². The molecule has 0 unspecified atom stereocenters. The van der Waals surface area contributed by atoms with E-state index in [0.29, 0.717) is 0 Å². The highest BCUT2D eigenvalue weighted by atomic mass is 35.7. The third-order valence-corrected chi connectivity index (χ3v) is 4.36. The average molecular weight is 402 g/mol. The SMILES string of the molecule is COc1ccc(-[n+]2ccc(-c3ccc(Cl)cc3)s2)cc1.[O-][Cl+3]([O-])([O-])[O-]. The molecule has 1 aromatic heterocycles. The second-order valence-corrected chi connectivity index (χ2v) is 6.89. The predicted octanol–water partition coefficient (Wildman–Crippen LogP) is -0.402. The molecule has 0 fully saturated rings. The molecule has 0 aliphatic rings. The Morgan fingerprint density at radius 1 is 0.920 bits per heavy atom. The lowest BCUT2D eigenvalue weighted by molar-refractivity contribution is -2.00. The molecule has 2 aromatic carbocycles. The van der Waals surface area contributed by atoms with Gasteiger partial charge in [0.05, 0.1) is 7.11 Å². The van der Waals surface area contributed by atoms with Crippen molar-refractivity contribution in [2.24, 2.45) is 0 Å². The summed E-state index contributed by atoms with van der Waals surface area (Å²) in [6, 6.07) is 18.0. The molecule has 3 aromatic rings. The molecule has 132 valence electrons. The topological polar surface area (TPSA) is 105 Å². The highest BCUT2D eigenvalue weighted by Crippen LogP contribution is 2.24. The van der Waals surface area contributed by atoms with Crippen LogP contribution in [0, 0.1) is 10.2 Å². The van der Waals surface area contributed by atoms with E-state index in [2.05, 4.69) is 16.2 Å². The van der Waals surface area contributed by atoms with Gasteiger partial charge in [-0.05, 0) is 29.8 Å². The van der Waals surface area contributed by atoms with E-state index < -0.39 is 10.2 Å². The van der Waals surface area contributed by atoms with Gasteiger partial charge >= 0.3 is 0 Å². The Hall–Kier alpha value is -1.71. The van der Waals surface area contributed by atoms with Gasteiger partial charge in [0.25, 0.3) is 0 Å². The Labute approximate surface area is 155 Å². The first-order valence-electron chi connectivity index (χ1n) is 6.80. The standard InChI is InChI=1S/C16H13ClNOS.ClHO4/c1-19-15-8-6-14(7-9-15)18-11-10-16(20-18)12-2-4-13(17)5-3-12;2-1(3,4)5/h2-11H,1H3;(H,2,3,4,5)/q+1;/p-1. The Morgan fingerprint density at radius 2 is 1.48 bits per heavy atom. The van der Waals surface area contributed by atoms with Crippen LogP contribution in [0.15, 0.2) is 60.8 Å². The molecule has 0 N–H and O–H groups in total. The maximum atomic E-state index is 8.49. The molecule has 3 rings (SSSR count). The van der Waals surface area contributed by atoms with E-state index in [1.807, 2.05) is 48.5 Å². The van der Waals surface area contributed by atoms with E-state index in [1.165, 1.54) is 10.4 Å². The van der Waals surface area contributed by atoms with Crippen LogP contribution in [0.3, 0.4) is 0 Å². The summed E-state index contributed by atoms with van der Waals surface area (Å²) in [6.07, 6.45) is 2.07. The molecule has 25 heavy (non-hydrogen) atoms. The molecule has 0 radical (unpaired) electrons. The van der Waals surface area contributed by atoms with Crippen molar-refractivity contribution in [1.29, 1.82) is 0 Å². The van der Waals surface area contributed by atoms with E-state index in [9.17, 15) is 0 Å². The maximum absolute atomic E-state index is 8.49. The van der Waals surface area contributed by atoms with E-state index in [1.54, 1.807) is 18.6 Å². The summed E-state index contributed by atoms with van der Waals surface area (Å²) in [6.45, 7) is 0. The summed E-state index contributed by atoms with van der Waals surface area (Å²) in [4.78, 5) is 1.21. The summed E-state index contributed by atoms with van der Waals surface area (Å²) in [5.41, 5.74) is 2.29. The van der Waals surface area contributed by atoms with Crippen LogP contribution in [0.1, 0.15) is 0 Å². The fraction of sp³-hybridized carbons (Fsp3) is 0.0625. The predicted molar refractivity (Wildman–Crippen MR) is 82.8 cm³/mol. The van der Waals surface area contributed by atoms with Crippen LogP contribution in [-0.4, -0.2) is 7.11 Å². The number of halogens is 2. The van der Waals surface area contributed by atoms with Crippen molar-refractivity contribution in [3.63, 3.8) is 0 Å². The number of nitrogens with zero attached hydrogens (tertiary/aromatic N) is 1. The zero-order valence-corrected chi connectivity index (χ0v) is 15.3. The molecule has 0 saturated heterocycles. The van der Waals surface area contributed by atoms with Crippen LogP contribution in [0.4, 0.5) is 0 Å². The summed E-state index contributed by atoms with van der Waals surface area (Å²) in [5.74, 6) is 0.865. The lowest BCUT2D eigenvalue weighted by Gasteiger charge is -2.17. The van der Waals surface area contributed by atoms with E-state index in [0.717, 1.165) is 16.5 Å². The molecular weight excluding hydrogens is 389 g/mol. The Balaban J connectivity index is 0.000000399. The molecule has 0 atom stereocenters. The van der Waals surface area contributed by atoms with Crippen LogP contribution in [0.25, 0.3) is 16.1 Å². The zero-order valence-electron chi connectivity index (χ0n) is 12.9. The van der Waals surface area contributed by atoms with Gasteiger partial charge in [0, 0.05) is 23.2 Å². The molecule has 1 heterocycles. The maximum Gasteiger partial charge on any atom is 0.225 e. The van der Waals surface area contributed by atoms with E-state index in [-0.39, 0.29) is 0 Å². The molecule has 6 nitrogen and oxygen atoms in total. The first kappa shape index (κ1) is 19.6. The molecule has 0 bridgehead atoms. The van der Waals surface area contributed by atoms with Crippen LogP contribution in [0.2, 0.25) is 5.02 Å². The summed E-state index contributed by atoms with van der Waals surface area (Å²) < 4.78 is 41.3. The van der Waals surface area contributed by atoms with Crippen molar-refractivity contribution in [2.75, 3.05) is 7.11 Å². The number of hydrogen-bond acceptors (Lipinski definition) is 6. The van der Waals surface area contributed by atoms with Gasteiger partial charge in [-0.15, -0.1) is 14.2 Å². The number of benzene rings is 2. The van der Waals surface area contributed by atoms with Crippen LogP contribution in [-0.2, 0) is 0 Å². The van der Waals surface area contributed by atoms with Gasteiger partial charge in [0.1, 0.15) is 22.2 Å². The molecule has 0 saturated carbocycles. The average Bonchev–Trinajstić information content (AvgIpc) is 3.04. The van der Waals surface area contributed by atoms with E-state index in [4.69, 9.17) is 35.0 Å². The fourth-order valence-corrected chi connectivity index (χ4v) is 2.98. The quantitative estimate of drug-likeness (QED) is 0.555. The van der Waals surface area contributed by atoms with E-state index >= 15 is 0 Å². The van der Waals surface area contributed by atoms with Crippen molar-refractivity contribution in [1.82, 2.24) is 0 Å². The van der Waals surface area contributed by atoms with Crippen molar-refractivity contribution in [3.05, 3.63) is 65.8 Å². The van der Waals surface area contributed by atoms with Gasteiger partial charge in [0.2, 0.25) is 5.69 Å².